The average Bonchev–Trinajstić information content (AvgIpc) is 3.38. The van der Waals surface area contributed by atoms with Crippen LogP contribution in [0.3, 0.4) is 0 Å². The summed E-state index contributed by atoms with van der Waals surface area (Å²) in [6.07, 6.45) is 2.76. The second-order valence-corrected chi connectivity index (χ2v) is 10.9. The predicted octanol–water partition coefficient (Wildman–Crippen LogP) is 4.71. The second kappa shape index (κ2) is 12.2. The monoisotopic (exact) mass is 578 g/mol. The first-order chi connectivity index (χ1) is 19.8. The van der Waals surface area contributed by atoms with E-state index < -0.39 is 17.4 Å². The number of amides is 2. The summed E-state index contributed by atoms with van der Waals surface area (Å²) in [5.41, 5.74) is 3.39. The van der Waals surface area contributed by atoms with Crippen molar-refractivity contribution in [1.82, 2.24) is 20.3 Å². The quantitative estimate of drug-likeness (QED) is 0.105. The van der Waals surface area contributed by atoms with Gasteiger partial charge in [0.25, 0.3) is 11.5 Å². The minimum absolute atomic E-state index is 0.128. The molecule has 0 aliphatic carbocycles. The topological polar surface area (TPSA) is 146 Å². The summed E-state index contributed by atoms with van der Waals surface area (Å²) in [6.45, 7) is 7.11. The van der Waals surface area contributed by atoms with Gasteiger partial charge in [-0.25, -0.2) is 9.87 Å². The Bertz CT molecular complexity index is 1690. The molecule has 0 spiro atoms. The highest BCUT2D eigenvalue weighted by Crippen LogP contribution is 2.40. The molecule has 0 fully saturated rings. The van der Waals surface area contributed by atoms with Crippen molar-refractivity contribution in [2.75, 3.05) is 6.54 Å². The molecular formula is C31H35FN4O6. The Morgan fingerprint density at radius 1 is 1.07 bits per heavy atom. The fraction of sp³-hybridized carbons (Fsp3) is 0.323. The first-order valence-corrected chi connectivity index (χ1v) is 13.6. The van der Waals surface area contributed by atoms with Crippen molar-refractivity contribution in [3.63, 3.8) is 0 Å². The van der Waals surface area contributed by atoms with Crippen LogP contribution in [-0.2, 0) is 17.4 Å². The molecule has 2 aromatic heterocycles. The minimum Gasteiger partial charge on any atom is -0.456 e. The molecule has 0 saturated heterocycles. The molecule has 10 nitrogen and oxygen atoms in total. The van der Waals surface area contributed by atoms with Crippen molar-refractivity contribution in [3.05, 3.63) is 81.2 Å². The third-order valence-corrected chi connectivity index (χ3v) is 7.06. The van der Waals surface area contributed by atoms with E-state index in [0.717, 1.165) is 0 Å². The van der Waals surface area contributed by atoms with Crippen LogP contribution in [0.2, 0.25) is 0 Å². The normalized spacial score (nSPS) is 11.5. The number of unbranched alkanes of at least 4 members (excludes halogenated alkanes) is 1. The molecule has 2 aromatic carbocycles. The summed E-state index contributed by atoms with van der Waals surface area (Å²) in [4.78, 5) is 40.2. The van der Waals surface area contributed by atoms with Gasteiger partial charge in [-0.1, -0.05) is 6.07 Å². The SMILES string of the molecule is Cc1cc(F)cc(C)c1Oc1ccc(C(C)(C)O)cc1-c1cn(C)c(=O)c2[nH]c(C(=O)NCCCCC(=O)NO)cc12. The highest BCUT2D eigenvalue weighted by Gasteiger charge is 2.23. The molecule has 0 unspecified atom stereocenters. The van der Waals surface area contributed by atoms with Crippen LogP contribution in [0, 0.1) is 19.7 Å². The Labute approximate surface area is 242 Å². The van der Waals surface area contributed by atoms with Crippen molar-refractivity contribution < 1.29 is 29.0 Å². The Morgan fingerprint density at radius 3 is 2.40 bits per heavy atom. The molecule has 42 heavy (non-hydrogen) atoms. The predicted molar refractivity (Wildman–Crippen MR) is 156 cm³/mol. The molecule has 0 aliphatic rings. The van der Waals surface area contributed by atoms with Crippen molar-refractivity contribution in [1.29, 1.82) is 0 Å². The molecule has 2 heterocycles. The van der Waals surface area contributed by atoms with E-state index in [1.165, 1.54) is 16.7 Å². The maximum absolute atomic E-state index is 14.0. The van der Waals surface area contributed by atoms with Gasteiger partial charge in [0.2, 0.25) is 5.91 Å². The van der Waals surface area contributed by atoms with E-state index in [-0.39, 0.29) is 29.0 Å². The number of rotatable bonds is 10. The maximum Gasteiger partial charge on any atom is 0.274 e. The average molecular weight is 579 g/mol. The number of aliphatic hydroxyl groups is 1. The lowest BCUT2D eigenvalue weighted by Crippen LogP contribution is -2.25. The number of carbonyl (C=O) groups excluding carboxylic acids is 2. The molecule has 0 aliphatic heterocycles. The number of fused-ring (bicyclic) bond motifs is 1. The molecule has 5 N–H and O–H groups in total. The molecule has 4 rings (SSSR count). The van der Waals surface area contributed by atoms with E-state index in [2.05, 4.69) is 10.3 Å². The van der Waals surface area contributed by atoms with E-state index in [4.69, 9.17) is 9.94 Å². The van der Waals surface area contributed by atoms with E-state index in [1.807, 2.05) is 0 Å². The summed E-state index contributed by atoms with van der Waals surface area (Å²) < 4.78 is 21.7. The van der Waals surface area contributed by atoms with Crippen molar-refractivity contribution in [2.45, 2.75) is 52.6 Å². The Balaban J connectivity index is 1.78. The number of aromatic amines is 1. The first-order valence-electron chi connectivity index (χ1n) is 13.6. The van der Waals surface area contributed by atoms with Crippen LogP contribution >= 0.6 is 0 Å². The number of ether oxygens (including phenoxy) is 1. The zero-order valence-corrected chi connectivity index (χ0v) is 24.2. The Kier molecular flexibility index (Phi) is 8.83. The number of hydrogen-bond acceptors (Lipinski definition) is 6. The Morgan fingerprint density at radius 2 is 1.76 bits per heavy atom. The fourth-order valence-electron chi connectivity index (χ4n) is 4.81. The number of hydroxylamine groups is 1. The molecule has 2 amide bonds. The zero-order valence-electron chi connectivity index (χ0n) is 24.2. The number of aromatic nitrogens is 2. The van der Waals surface area contributed by atoms with Gasteiger partial charge in [0, 0.05) is 42.7 Å². The highest BCUT2D eigenvalue weighted by atomic mass is 19.1. The van der Waals surface area contributed by atoms with Gasteiger partial charge in [-0.05, 0) is 87.6 Å². The van der Waals surface area contributed by atoms with Crippen molar-refractivity contribution in [2.24, 2.45) is 7.05 Å². The van der Waals surface area contributed by atoms with Gasteiger partial charge >= 0.3 is 0 Å². The number of H-pyrrole nitrogens is 1. The highest BCUT2D eigenvalue weighted by molar-refractivity contribution is 6.03. The van der Waals surface area contributed by atoms with Gasteiger partial charge < -0.3 is 24.7 Å². The smallest absolute Gasteiger partial charge is 0.274 e. The lowest BCUT2D eigenvalue weighted by atomic mass is 9.93. The van der Waals surface area contributed by atoms with Crippen LogP contribution in [-0.4, -0.2) is 38.2 Å². The number of hydrogen-bond donors (Lipinski definition) is 5. The zero-order chi connectivity index (χ0) is 30.8. The van der Waals surface area contributed by atoms with E-state index >= 15 is 0 Å². The van der Waals surface area contributed by atoms with Crippen LogP contribution in [0.1, 0.15) is 60.3 Å². The molecule has 0 radical (unpaired) electrons. The third-order valence-electron chi connectivity index (χ3n) is 7.06. The standard InChI is InChI=1S/C31H35FN4O6/c1-17-12-20(32)13-18(2)28(17)42-25-10-9-19(31(3,4)40)14-21(25)23-16-36(5)30(39)27-22(23)15-24(34-27)29(38)33-11-7-6-8-26(37)35-41/h9-10,12-16,34,40-41H,6-8,11H2,1-5H3,(H,33,38)(H,35,37). The number of nitrogens with one attached hydrogen (secondary N) is 3. The number of benzene rings is 2. The lowest BCUT2D eigenvalue weighted by molar-refractivity contribution is -0.129. The molecule has 222 valence electrons. The summed E-state index contributed by atoms with van der Waals surface area (Å²) in [6, 6.07) is 9.60. The summed E-state index contributed by atoms with van der Waals surface area (Å²) in [7, 11) is 1.60. The number of carbonyl (C=O) groups is 2. The molecule has 4 aromatic rings. The van der Waals surface area contributed by atoms with E-state index in [1.54, 1.807) is 70.7 Å². The molecule has 11 heteroatoms. The minimum atomic E-state index is -1.18. The van der Waals surface area contributed by atoms with Gasteiger partial charge in [-0.15, -0.1) is 0 Å². The summed E-state index contributed by atoms with van der Waals surface area (Å²) in [5, 5.41) is 22.6. The lowest BCUT2D eigenvalue weighted by Gasteiger charge is -2.22. The Hall–Kier alpha value is -4.48. The van der Waals surface area contributed by atoms with Gasteiger partial charge in [0.15, 0.2) is 0 Å². The first kappa shape index (κ1) is 30.5. The fourth-order valence-corrected chi connectivity index (χ4v) is 4.81. The summed E-state index contributed by atoms with van der Waals surface area (Å²) >= 11 is 0. The number of pyridine rings is 1. The summed E-state index contributed by atoms with van der Waals surface area (Å²) in [5.74, 6) is -0.393. The van der Waals surface area contributed by atoms with Crippen molar-refractivity contribution in [3.8, 4) is 22.6 Å². The van der Waals surface area contributed by atoms with Crippen LogP contribution in [0.4, 0.5) is 4.39 Å². The molecule has 0 atom stereocenters. The van der Waals surface area contributed by atoms with Gasteiger partial charge in [-0.3, -0.25) is 19.6 Å². The molecular weight excluding hydrogens is 543 g/mol. The third kappa shape index (κ3) is 6.53. The van der Waals surface area contributed by atoms with E-state index in [9.17, 15) is 23.9 Å². The second-order valence-electron chi connectivity index (χ2n) is 10.9. The van der Waals surface area contributed by atoms with Gasteiger partial charge in [0.1, 0.15) is 28.5 Å². The molecule has 0 bridgehead atoms. The maximum atomic E-state index is 14.0. The van der Waals surface area contributed by atoms with Gasteiger partial charge in [-0.2, -0.15) is 0 Å². The van der Waals surface area contributed by atoms with Crippen LogP contribution in [0.5, 0.6) is 11.5 Å². The van der Waals surface area contributed by atoms with Crippen LogP contribution in [0.25, 0.3) is 22.0 Å². The number of nitrogens with zero attached hydrogens (tertiary/aromatic N) is 1. The van der Waals surface area contributed by atoms with E-state index in [0.29, 0.717) is 64.1 Å². The van der Waals surface area contributed by atoms with Crippen molar-refractivity contribution >= 4 is 22.7 Å². The van der Waals surface area contributed by atoms with Crippen LogP contribution < -0.4 is 21.1 Å². The largest absolute Gasteiger partial charge is 0.456 e. The van der Waals surface area contributed by atoms with Crippen LogP contribution in [0.15, 0.2) is 47.4 Å². The number of halogens is 1. The van der Waals surface area contributed by atoms with Gasteiger partial charge in [0.05, 0.1) is 5.60 Å². The number of aryl methyl sites for hydroxylation is 3. The molecule has 0 saturated carbocycles.